The van der Waals surface area contributed by atoms with Gasteiger partial charge in [-0.3, -0.25) is 9.59 Å². The van der Waals surface area contributed by atoms with E-state index in [1.54, 1.807) is 17.9 Å². The summed E-state index contributed by atoms with van der Waals surface area (Å²) >= 11 is 0. The maximum absolute atomic E-state index is 12.1. The lowest BCUT2D eigenvalue weighted by molar-refractivity contribution is -0.144. The minimum absolute atomic E-state index is 0.0809. The zero-order chi connectivity index (χ0) is 12.4. The van der Waals surface area contributed by atoms with Crippen LogP contribution in [0.1, 0.15) is 22.5 Å². The predicted octanol–water partition coefficient (Wildman–Crippen LogP) is 1.22. The van der Waals surface area contributed by atoms with Crippen LogP contribution in [-0.2, 0) is 9.53 Å². The molecule has 2 heterocycles. The van der Waals surface area contributed by atoms with E-state index < -0.39 is 0 Å². The Hall–Kier alpha value is -1.78. The highest BCUT2D eigenvalue weighted by Gasteiger charge is 2.32. The lowest BCUT2D eigenvalue weighted by Crippen LogP contribution is -2.30. The first kappa shape index (κ1) is 11.7. The van der Waals surface area contributed by atoms with Gasteiger partial charge in [0.25, 0.3) is 5.91 Å². The first-order chi connectivity index (χ1) is 8.13. The summed E-state index contributed by atoms with van der Waals surface area (Å²) in [6.07, 6.45) is 2.16. The van der Waals surface area contributed by atoms with Gasteiger partial charge < -0.3 is 14.1 Å². The normalized spacial score (nSPS) is 19.4. The Bertz CT molecular complexity index is 437. The van der Waals surface area contributed by atoms with Gasteiger partial charge in [0, 0.05) is 13.1 Å². The van der Waals surface area contributed by atoms with E-state index in [4.69, 9.17) is 4.42 Å². The largest absolute Gasteiger partial charge is 0.469 e. The Kier molecular flexibility index (Phi) is 3.17. The Morgan fingerprint density at radius 1 is 1.53 bits per heavy atom. The molecular weight excluding hydrogens is 222 g/mol. The number of esters is 1. The van der Waals surface area contributed by atoms with Gasteiger partial charge >= 0.3 is 5.97 Å². The molecule has 92 valence electrons. The van der Waals surface area contributed by atoms with Gasteiger partial charge in [0.2, 0.25) is 0 Å². The molecule has 0 aromatic carbocycles. The van der Waals surface area contributed by atoms with Gasteiger partial charge in [0.05, 0.1) is 24.9 Å². The van der Waals surface area contributed by atoms with Crippen LogP contribution >= 0.6 is 0 Å². The van der Waals surface area contributed by atoms with Crippen LogP contribution in [0.25, 0.3) is 0 Å². The summed E-state index contributed by atoms with van der Waals surface area (Å²) in [7, 11) is 1.37. The molecule has 17 heavy (non-hydrogen) atoms. The number of furan rings is 1. The Morgan fingerprint density at radius 3 is 2.88 bits per heavy atom. The SMILES string of the molecule is COC(=O)C1CCN(C(=O)c2ccoc2C)C1. The van der Waals surface area contributed by atoms with Crippen molar-refractivity contribution in [2.75, 3.05) is 20.2 Å². The fourth-order valence-electron chi connectivity index (χ4n) is 2.08. The van der Waals surface area contributed by atoms with E-state index in [9.17, 15) is 9.59 Å². The third-order valence-corrected chi connectivity index (χ3v) is 3.10. The van der Waals surface area contributed by atoms with Gasteiger partial charge in [-0.05, 0) is 19.4 Å². The van der Waals surface area contributed by atoms with Crippen LogP contribution in [0, 0.1) is 12.8 Å². The van der Waals surface area contributed by atoms with E-state index in [2.05, 4.69) is 4.74 Å². The monoisotopic (exact) mass is 237 g/mol. The standard InChI is InChI=1S/C12H15NO4/c1-8-10(4-6-17-8)11(14)13-5-3-9(7-13)12(15)16-2/h4,6,9H,3,5,7H2,1-2H3. The van der Waals surface area contributed by atoms with Gasteiger partial charge in [-0.1, -0.05) is 0 Å². The first-order valence-corrected chi connectivity index (χ1v) is 5.54. The minimum Gasteiger partial charge on any atom is -0.469 e. The van der Waals surface area contributed by atoms with Crippen molar-refractivity contribution in [3.8, 4) is 0 Å². The average Bonchev–Trinajstić information content (AvgIpc) is 2.95. The van der Waals surface area contributed by atoms with E-state index >= 15 is 0 Å². The molecule has 1 fully saturated rings. The van der Waals surface area contributed by atoms with Crippen LogP contribution in [0.2, 0.25) is 0 Å². The smallest absolute Gasteiger partial charge is 0.310 e. The molecule has 0 N–H and O–H groups in total. The molecule has 1 aliphatic rings. The molecule has 1 saturated heterocycles. The summed E-state index contributed by atoms with van der Waals surface area (Å²) < 4.78 is 9.78. The Labute approximate surface area is 99.3 Å². The van der Waals surface area contributed by atoms with Crippen LogP contribution in [0.5, 0.6) is 0 Å². The van der Waals surface area contributed by atoms with Crippen LogP contribution in [-0.4, -0.2) is 37.0 Å². The third-order valence-electron chi connectivity index (χ3n) is 3.10. The number of carbonyl (C=O) groups is 2. The van der Waals surface area contributed by atoms with Crippen LogP contribution in [0.15, 0.2) is 16.7 Å². The zero-order valence-corrected chi connectivity index (χ0v) is 9.93. The van der Waals surface area contributed by atoms with Crippen molar-refractivity contribution < 1.29 is 18.7 Å². The number of aryl methyl sites for hydroxylation is 1. The summed E-state index contributed by atoms with van der Waals surface area (Å²) in [6.45, 7) is 2.76. The number of hydrogen-bond donors (Lipinski definition) is 0. The molecule has 1 aliphatic heterocycles. The van der Waals surface area contributed by atoms with E-state index in [1.807, 2.05) is 0 Å². The van der Waals surface area contributed by atoms with Gasteiger partial charge in [-0.2, -0.15) is 0 Å². The molecule has 5 heteroatoms. The first-order valence-electron chi connectivity index (χ1n) is 5.54. The molecule has 1 aromatic heterocycles. The Balaban J connectivity index is 2.04. The summed E-state index contributed by atoms with van der Waals surface area (Å²) in [6, 6.07) is 1.66. The second kappa shape index (κ2) is 4.61. The quantitative estimate of drug-likeness (QED) is 0.726. The van der Waals surface area contributed by atoms with E-state index in [-0.39, 0.29) is 17.8 Å². The van der Waals surface area contributed by atoms with Crippen LogP contribution in [0.4, 0.5) is 0 Å². The molecule has 5 nitrogen and oxygen atoms in total. The summed E-state index contributed by atoms with van der Waals surface area (Å²) in [5, 5.41) is 0. The van der Waals surface area contributed by atoms with Crippen molar-refractivity contribution in [2.45, 2.75) is 13.3 Å². The average molecular weight is 237 g/mol. The summed E-state index contributed by atoms with van der Waals surface area (Å²) in [5.74, 6) is 0.0829. The van der Waals surface area contributed by atoms with Crippen molar-refractivity contribution in [3.63, 3.8) is 0 Å². The van der Waals surface area contributed by atoms with E-state index in [0.717, 1.165) is 0 Å². The predicted molar refractivity (Wildman–Crippen MR) is 59.5 cm³/mol. The van der Waals surface area contributed by atoms with Gasteiger partial charge in [-0.25, -0.2) is 0 Å². The summed E-state index contributed by atoms with van der Waals surface area (Å²) in [5.41, 5.74) is 0.565. The lowest BCUT2D eigenvalue weighted by Gasteiger charge is -2.15. The van der Waals surface area contributed by atoms with Crippen molar-refractivity contribution in [1.82, 2.24) is 4.90 Å². The molecule has 0 saturated carbocycles. The maximum Gasteiger partial charge on any atom is 0.310 e. The van der Waals surface area contributed by atoms with E-state index in [0.29, 0.717) is 30.8 Å². The topological polar surface area (TPSA) is 59.8 Å². The van der Waals surface area contributed by atoms with Crippen molar-refractivity contribution in [3.05, 3.63) is 23.7 Å². The molecular formula is C12H15NO4. The lowest BCUT2D eigenvalue weighted by atomic mass is 10.1. The highest BCUT2D eigenvalue weighted by molar-refractivity contribution is 5.95. The van der Waals surface area contributed by atoms with Crippen LogP contribution in [0.3, 0.4) is 0 Å². The fraction of sp³-hybridized carbons (Fsp3) is 0.500. The fourth-order valence-corrected chi connectivity index (χ4v) is 2.08. The van der Waals surface area contributed by atoms with Gasteiger partial charge in [0.1, 0.15) is 5.76 Å². The molecule has 0 radical (unpaired) electrons. The number of methoxy groups -OCH3 is 1. The second-order valence-electron chi connectivity index (χ2n) is 4.15. The maximum atomic E-state index is 12.1. The highest BCUT2D eigenvalue weighted by atomic mass is 16.5. The van der Waals surface area contributed by atoms with E-state index in [1.165, 1.54) is 13.4 Å². The minimum atomic E-state index is -0.246. The number of carbonyl (C=O) groups excluding carboxylic acids is 2. The van der Waals surface area contributed by atoms with Crippen molar-refractivity contribution in [1.29, 1.82) is 0 Å². The number of rotatable bonds is 2. The molecule has 0 spiro atoms. The number of likely N-dealkylation sites (tertiary alicyclic amines) is 1. The number of ether oxygens (including phenoxy) is 1. The molecule has 1 aromatic rings. The highest BCUT2D eigenvalue weighted by Crippen LogP contribution is 2.21. The Morgan fingerprint density at radius 2 is 2.29 bits per heavy atom. The molecule has 1 unspecified atom stereocenters. The molecule has 1 amide bonds. The molecule has 0 bridgehead atoms. The van der Waals surface area contributed by atoms with Crippen LogP contribution < -0.4 is 0 Å². The van der Waals surface area contributed by atoms with Crippen molar-refractivity contribution in [2.24, 2.45) is 5.92 Å². The molecule has 2 rings (SSSR count). The van der Waals surface area contributed by atoms with Gasteiger partial charge in [-0.15, -0.1) is 0 Å². The number of hydrogen-bond acceptors (Lipinski definition) is 4. The van der Waals surface area contributed by atoms with Gasteiger partial charge in [0.15, 0.2) is 0 Å². The number of nitrogens with zero attached hydrogens (tertiary/aromatic N) is 1. The second-order valence-corrected chi connectivity index (χ2v) is 4.15. The summed E-state index contributed by atoms with van der Waals surface area (Å²) in [4.78, 5) is 25.1. The zero-order valence-electron chi connectivity index (χ0n) is 9.93. The number of amides is 1. The third kappa shape index (κ3) is 2.18. The molecule has 1 atom stereocenters. The molecule has 0 aliphatic carbocycles. The van der Waals surface area contributed by atoms with Crippen molar-refractivity contribution >= 4 is 11.9 Å².